The highest BCUT2D eigenvalue weighted by atomic mass is 32.2. The Hall–Kier alpha value is -2.71. The van der Waals surface area contributed by atoms with Gasteiger partial charge in [0.05, 0.1) is 17.5 Å². The van der Waals surface area contributed by atoms with Crippen LogP contribution in [0.15, 0.2) is 24.3 Å². The smallest absolute Gasteiger partial charge is 0.350 e. The summed E-state index contributed by atoms with van der Waals surface area (Å²) < 4.78 is 67.9. The van der Waals surface area contributed by atoms with E-state index in [4.69, 9.17) is 0 Å². The number of amides is 3. The molecule has 3 aliphatic rings. The van der Waals surface area contributed by atoms with Crippen LogP contribution in [-0.4, -0.2) is 85.1 Å². The molecule has 0 unspecified atom stereocenters. The monoisotopic (exact) mass is 559 g/mol. The summed E-state index contributed by atoms with van der Waals surface area (Å²) in [4.78, 5) is 40.6. The summed E-state index contributed by atoms with van der Waals surface area (Å²) in [5.74, 6) is -1.37. The molecule has 0 aliphatic carbocycles. The Morgan fingerprint density at radius 2 is 1.66 bits per heavy atom. The van der Waals surface area contributed by atoms with Gasteiger partial charge in [-0.3, -0.25) is 14.4 Å². The summed E-state index contributed by atoms with van der Waals surface area (Å²) >= 11 is 0. The second kappa shape index (κ2) is 11.2. The second-order valence-electron chi connectivity index (χ2n) is 10.0. The second-order valence-corrected chi connectivity index (χ2v) is 11.7. The predicted molar refractivity (Wildman–Crippen MR) is 130 cm³/mol. The maximum atomic E-state index is 13.4. The van der Waals surface area contributed by atoms with Gasteiger partial charge in [-0.1, -0.05) is 12.1 Å². The number of benzene rings is 1. The highest BCUT2D eigenvalue weighted by Gasteiger charge is 2.41. The first kappa shape index (κ1) is 28.3. The van der Waals surface area contributed by atoms with Crippen LogP contribution in [-0.2, 0) is 37.3 Å². The lowest BCUT2D eigenvalue weighted by atomic mass is 9.97. The Kier molecular flexibility index (Phi) is 8.33. The topological polar surface area (TPSA) is 119 Å². The lowest BCUT2D eigenvalue weighted by molar-refractivity contribution is -0.142. The van der Waals surface area contributed by atoms with Gasteiger partial charge in [0.25, 0.3) is 10.2 Å². The molecule has 0 aromatic heterocycles. The van der Waals surface area contributed by atoms with Gasteiger partial charge >= 0.3 is 6.18 Å². The van der Waals surface area contributed by atoms with Crippen LogP contribution in [0.1, 0.15) is 43.7 Å². The van der Waals surface area contributed by atoms with Gasteiger partial charge in [-0.05, 0) is 43.4 Å². The molecule has 1 aromatic rings. The minimum absolute atomic E-state index is 0.00764. The maximum absolute atomic E-state index is 13.4. The molecule has 3 amide bonds. The number of nitrogens with one attached hydrogen (secondary N) is 2. The largest absolute Gasteiger partial charge is 0.416 e. The average Bonchev–Trinajstić information content (AvgIpc) is 3.34. The molecule has 38 heavy (non-hydrogen) atoms. The van der Waals surface area contributed by atoms with Crippen molar-refractivity contribution in [1.82, 2.24) is 24.1 Å². The lowest BCUT2D eigenvalue weighted by Gasteiger charge is -2.40. The average molecular weight is 560 g/mol. The zero-order valence-electron chi connectivity index (χ0n) is 21.0. The molecule has 3 aliphatic heterocycles. The van der Waals surface area contributed by atoms with E-state index in [2.05, 4.69) is 10.0 Å². The van der Waals surface area contributed by atoms with E-state index in [-0.39, 0.29) is 37.5 Å². The molecular formula is C24H32F3N5O5S. The fourth-order valence-corrected chi connectivity index (χ4v) is 6.58. The zero-order valence-corrected chi connectivity index (χ0v) is 21.9. The van der Waals surface area contributed by atoms with Crippen LogP contribution in [0.3, 0.4) is 0 Å². The van der Waals surface area contributed by atoms with Crippen molar-refractivity contribution in [1.29, 1.82) is 0 Å². The van der Waals surface area contributed by atoms with Crippen LogP contribution >= 0.6 is 0 Å². The van der Waals surface area contributed by atoms with E-state index in [0.717, 1.165) is 12.1 Å². The summed E-state index contributed by atoms with van der Waals surface area (Å²) in [6.07, 6.45) is -2.36. The predicted octanol–water partition coefficient (Wildman–Crippen LogP) is 1.09. The van der Waals surface area contributed by atoms with Crippen LogP contribution < -0.4 is 10.0 Å². The normalized spacial score (nSPS) is 23.3. The molecule has 4 rings (SSSR count). The minimum Gasteiger partial charge on any atom is -0.350 e. The third kappa shape index (κ3) is 6.46. The van der Waals surface area contributed by atoms with Gasteiger partial charge in [-0.2, -0.15) is 30.6 Å². The molecule has 2 N–H and O–H groups in total. The van der Waals surface area contributed by atoms with E-state index in [1.807, 2.05) is 0 Å². The first-order chi connectivity index (χ1) is 17.8. The fourth-order valence-electron chi connectivity index (χ4n) is 5.11. The van der Waals surface area contributed by atoms with Gasteiger partial charge in [0, 0.05) is 46.2 Å². The first-order valence-corrected chi connectivity index (χ1v) is 14.1. The van der Waals surface area contributed by atoms with Crippen LogP contribution in [0.2, 0.25) is 0 Å². The number of alkyl halides is 3. The number of rotatable bonds is 7. The van der Waals surface area contributed by atoms with Gasteiger partial charge in [-0.15, -0.1) is 0 Å². The van der Waals surface area contributed by atoms with Crippen molar-refractivity contribution >= 4 is 27.9 Å². The Labute approximate surface area is 219 Å². The molecule has 2 atom stereocenters. The Morgan fingerprint density at radius 1 is 1.00 bits per heavy atom. The molecule has 0 radical (unpaired) electrons. The Bertz CT molecular complexity index is 1150. The van der Waals surface area contributed by atoms with Gasteiger partial charge in [-0.25, -0.2) is 0 Å². The summed E-state index contributed by atoms with van der Waals surface area (Å²) in [6.45, 7) is 2.73. The van der Waals surface area contributed by atoms with E-state index in [1.54, 1.807) is 0 Å². The number of nitrogens with zero attached hydrogens (tertiary/aromatic N) is 3. The van der Waals surface area contributed by atoms with Crippen molar-refractivity contribution in [3.8, 4) is 0 Å². The van der Waals surface area contributed by atoms with Crippen molar-refractivity contribution in [3.63, 3.8) is 0 Å². The summed E-state index contributed by atoms with van der Waals surface area (Å²) in [6, 6.07) is 3.43. The third-order valence-corrected chi connectivity index (χ3v) is 8.94. The van der Waals surface area contributed by atoms with E-state index in [1.165, 1.54) is 33.2 Å². The molecular weight excluding hydrogens is 527 g/mol. The molecule has 3 heterocycles. The summed E-state index contributed by atoms with van der Waals surface area (Å²) in [5.41, 5.74) is -0.273. The van der Waals surface area contributed by atoms with Crippen LogP contribution in [0.5, 0.6) is 0 Å². The van der Waals surface area contributed by atoms with Crippen LogP contribution in [0.4, 0.5) is 13.2 Å². The van der Waals surface area contributed by atoms with E-state index in [9.17, 15) is 36.0 Å². The van der Waals surface area contributed by atoms with Crippen molar-refractivity contribution in [2.45, 2.75) is 57.4 Å². The number of hydrogen-bond donors (Lipinski definition) is 2. The number of hydrogen-bond acceptors (Lipinski definition) is 5. The molecule has 210 valence electrons. The molecule has 0 saturated carbocycles. The molecule has 0 bridgehead atoms. The van der Waals surface area contributed by atoms with Crippen molar-refractivity contribution in [2.75, 3.05) is 32.7 Å². The zero-order chi connectivity index (χ0) is 27.7. The van der Waals surface area contributed by atoms with Crippen molar-refractivity contribution < 1.29 is 36.0 Å². The highest BCUT2D eigenvalue weighted by molar-refractivity contribution is 7.87. The first-order valence-electron chi connectivity index (χ1n) is 12.6. The Balaban J connectivity index is 1.31. The number of halogens is 3. The van der Waals surface area contributed by atoms with Crippen molar-refractivity contribution in [3.05, 3.63) is 35.4 Å². The summed E-state index contributed by atoms with van der Waals surface area (Å²) in [7, 11) is -3.84. The SMILES string of the molecule is CC(=O)N1CC(NS(=O)(=O)N2CCC[C@H](C(=O)N3CCC[C@@H]3C(=O)NCc3ccc(C(F)(F)F)cc3)C2)C1. The van der Waals surface area contributed by atoms with E-state index < -0.39 is 39.8 Å². The standard InChI is InChI=1S/C24H32F3N5O5S/c1-16(33)30-14-20(15-30)29-38(36,37)31-10-2-4-18(13-31)23(35)32-11-3-5-21(32)22(34)28-12-17-6-8-19(9-7-17)24(25,26)27/h6-9,18,20-21,29H,2-5,10-15H2,1H3,(H,28,34)/t18-,21+/m0/s1. The van der Waals surface area contributed by atoms with Crippen LogP contribution in [0, 0.1) is 5.92 Å². The molecule has 3 fully saturated rings. The van der Waals surface area contributed by atoms with E-state index in [0.29, 0.717) is 50.9 Å². The van der Waals surface area contributed by atoms with Crippen molar-refractivity contribution in [2.24, 2.45) is 5.92 Å². The van der Waals surface area contributed by atoms with Gasteiger partial charge < -0.3 is 15.1 Å². The lowest BCUT2D eigenvalue weighted by Crippen LogP contribution is -2.63. The van der Waals surface area contributed by atoms with E-state index >= 15 is 0 Å². The molecule has 10 nitrogen and oxygen atoms in total. The molecule has 0 spiro atoms. The fraction of sp³-hybridized carbons (Fsp3) is 0.625. The highest BCUT2D eigenvalue weighted by Crippen LogP contribution is 2.29. The van der Waals surface area contributed by atoms with Gasteiger partial charge in [0.2, 0.25) is 17.7 Å². The number of piperidine rings is 1. The quantitative estimate of drug-likeness (QED) is 0.519. The van der Waals surface area contributed by atoms with Gasteiger partial charge in [0.15, 0.2) is 0 Å². The molecule has 1 aromatic carbocycles. The van der Waals surface area contributed by atoms with Gasteiger partial charge in [0.1, 0.15) is 6.04 Å². The Morgan fingerprint density at radius 3 is 2.29 bits per heavy atom. The number of likely N-dealkylation sites (tertiary alicyclic amines) is 2. The summed E-state index contributed by atoms with van der Waals surface area (Å²) in [5, 5.41) is 2.71. The van der Waals surface area contributed by atoms with Crippen LogP contribution in [0.25, 0.3) is 0 Å². The number of carbonyl (C=O) groups is 3. The maximum Gasteiger partial charge on any atom is 0.416 e. The third-order valence-electron chi connectivity index (χ3n) is 7.30. The molecule has 3 saturated heterocycles. The molecule has 14 heteroatoms. The minimum atomic E-state index is -4.44. The number of carbonyl (C=O) groups excluding carboxylic acids is 3.